The minimum Gasteiger partial charge on any atom is -0.508 e. The summed E-state index contributed by atoms with van der Waals surface area (Å²) in [5, 5.41) is 12.9. The van der Waals surface area contributed by atoms with Crippen molar-refractivity contribution in [2.75, 3.05) is 10.0 Å². The number of aromatic nitrogens is 2. The molecular formula is C21H22N6O4S. The zero-order valence-corrected chi connectivity index (χ0v) is 17.9. The number of rotatable bonds is 6. The van der Waals surface area contributed by atoms with E-state index in [2.05, 4.69) is 30.9 Å². The SMILES string of the molecule is Cc1ccc(O)c(C2CC(C(=O)Nc3ccc(S(=O)(=O)Nc4ncccn4)cc3)NN2)c1. The Morgan fingerprint density at radius 3 is 2.53 bits per heavy atom. The normalized spacial score (nSPS) is 18.3. The molecule has 0 radical (unpaired) electrons. The van der Waals surface area contributed by atoms with Crippen molar-refractivity contribution in [3.05, 3.63) is 72.1 Å². The minimum atomic E-state index is -3.85. The fourth-order valence-electron chi connectivity index (χ4n) is 3.36. The Kier molecular flexibility index (Phi) is 6.04. The monoisotopic (exact) mass is 454 g/mol. The predicted molar refractivity (Wildman–Crippen MR) is 118 cm³/mol. The lowest BCUT2D eigenvalue weighted by Gasteiger charge is -2.13. The maximum Gasteiger partial charge on any atom is 0.264 e. The number of aromatic hydroxyl groups is 1. The summed E-state index contributed by atoms with van der Waals surface area (Å²) in [4.78, 5) is 20.3. The number of phenols is 1. The number of phenolic OH excluding ortho intramolecular Hbond substituents is 1. The molecule has 1 amide bonds. The second kappa shape index (κ2) is 8.91. The number of aryl methyl sites for hydroxylation is 1. The van der Waals surface area contributed by atoms with E-state index in [1.54, 1.807) is 12.1 Å². The molecule has 4 rings (SSSR count). The lowest BCUT2D eigenvalue weighted by molar-refractivity contribution is -0.117. The number of nitrogens with zero attached hydrogens (tertiary/aromatic N) is 2. The molecule has 1 aliphatic heterocycles. The number of hydrogen-bond donors (Lipinski definition) is 5. The number of carbonyl (C=O) groups is 1. The molecule has 5 N–H and O–H groups in total. The Balaban J connectivity index is 1.38. The molecule has 1 fully saturated rings. The van der Waals surface area contributed by atoms with Crippen molar-refractivity contribution in [3.63, 3.8) is 0 Å². The van der Waals surface area contributed by atoms with Crippen LogP contribution in [0, 0.1) is 6.92 Å². The zero-order chi connectivity index (χ0) is 22.7. The number of hydrogen-bond acceptors (Lipinski definition) is 8. The quantitative estimate of drug-likeness (QED) is 0.379. The summed E-state index contributed by atoms with van der Waals surface area (Å²) in [6.07, 6.45) is 3.30. The fourth-order valence-corrected chi connectivity index (χ4v) is 4.32. The van der Waals surface area contributed by atoms with Gasteiger partial charge in [0.25, 0.3) is 10.0 Å². The van der Waals surface area contributed by atoms with Gasteiger partial charge in [-0.25, -0.2) is 34.0 Å². The van der Waals surface area contributed by atoms with Crippen molar-refractivity contribution in [1.29, 1.82) is 0 Å². The van der Waals surface area contributed by atoms with Crippen LogP contribution in [0.1, 0.15) is 23.6 Å². The van der Waals surface area contributed by atoms with E-state index < -0.39 is 16.1 Å². The number of sulfonamides is 1. The van der Waals surface area contributed by atoms with Gasteiger partial charge < -0.3 is 10.4 Å². The minimum absolute atomic E-state index is 0.0126. The van der Waals surface area contributed by atoms with Gasteiger partial charge in [0.05, 0.1) is 10.9 Å². The Bertz CT molecular complexity index is 1220. The Morgan fingerprint density at radius 1 is 1.09 bits per heavy atom. The first-order chi connectivity index (χ1) is 15.3. The molecule has 0 bridgehead atoms. The molecule has 166 valence electrons. The first kappa shape index (κ1) is 21.7. The van der Waals surface area contributed by atoms with Crippen LogP contribution in [0.3, 0.4) is 0 Å². The van der Waals surface area contributed by atoms with Crippen LogP contribution in [0.2, 0.25) is 0 Å². The van der Waals surface area contributed by atoms with Gasteiger partial charge in [0.1, 0.15) is 11.8 Å². The van der Waals surface area contributed by atoms with Gasteiger partial charge in [-0.15, -0.1) is 0 Å². The van der Waals surface area contributed by atoms with Crippen molar-refractivity contribution in [2.24, 2.45) is 0 Å². The highest BCUT2D eigenvalue weighted by molar-refractivity contribution is 7.92. The number of hydrazine groups is 1. The van der Waals surface area contributed by atoms with Gasteiger partial charge >= 0.3 is 0 Å². The van der Waals surface area contributed by atoms with E-state index in [-0.39, 0.29) is 28.5 Å². The molecular weight excluding hydrogens is 432 g/mol. The maximum atomic E-state index is 12.6. The summed E-state index contributed by atoms with van der Waals surface area (Å²) in [7, 11) is -3.85. The molecule has 1 aliphatic rings. The van der Waals surface area contributed by atoms with Gasteiger partial charge in [-0.2, -0.15) is 0 Å². The van der Waals surface area contributed by atoms with Crippen LogP contribution in [0.15, 0.2) is 65.8 Å². The average Bonchev–Trinajstić information content (AvgIpc) is 3.26. The standard InChI is InChI=1S/C21H22N6O4S/c1-13-3-8-19(28)16(11-13)17-12-18(26-25-17)20(29)24-14-4-6-15(7-5-14)32(30,31)27-21-22-9-2-10-23-21/h2-11,17-18,25-26,28H,12H2,1H3,(H,24,29)(H,22,23,27). The van der Waals surface area contributed by atoms with E-state index in [9.17, 15) is 18.3 Å². The molecule has 1 aromatic heterocycles. The predicted octanol–water partition coefficient (Wildman–Crippen LogP) is 1.84. The van der Waals surface area contributed by atoms with Gasteiger partial charge in [-0.05, 0) is 49.7 Å². The van der Waals surface area contributed by atoms with Crippen molar-refractivity contribution >= 4 is 27.6 Å². The largest absolute Gasteiger partial charge is 0.508 e. The molecule has 2 unspecified atom stereocenters. The number of amides is 1. The third-order valence-electron chi connectivity index (χ3n) is 5.00. The first-order valence-corrected chi connectivity index (χ1v) is 11.3. The van der Waals surface area contributed by atoms with Crippen molar-refractivity contribution in [2.45, 2.75) is 30.3 Å². The number of anilines is 2. The van der Waals surface area contributed by atoms with E-state index in [0.717, 1.165) is 11.1 Å². The molecule has 0 aliphatic carbocycles. The maximum absolute atomic E-state index is 12.6. The number of nitrogens with one attached hydrogen (secondary N) is 4. The number of benzene rings is 2. The van der Waals surface area contributed by atoms with E-state index in [0.29, 0.717) is 12.1 Å². The number of carbonyl (C=O) groups excluding carboxylic acids is 1. The zero-order valence-electron chi connectivity index (χ0n) is 17.1. The highest BCUT2D eigenvalue weighted by Crippen LogP contribution is 2.30. The summed E-state index contributed by atoms with van der Waals surface area (Å²) >= 11 is 0. The molecule has 0 saturated carbocycles. The van der Waals surface area contributed by atoms with E-state index >= 15 is 0 Å². The van der Waals surface area contributed by atoms with E-state index in [4.69, 9.17) is 0 Å². The third kappa shape index (κ3) is 4.85. The highest BCUT2D eigenvalue weighted by Gasteiger charge is 2.31. The summed E-state index contributed by atoms with van der Waals surface area (Å²) in [5.41, 5.74) is 8.16. The summed E-state index contributed by atoms with van der Waals surface area (Å²) in [6, 6.07) is 11.9. The van der Waals surface area contributed by atoms with Gasteiger partial charge in [0, 0.05) is 23.6 Å². The molecule has 1 saturated heterocycles. The average molecular weight is 455 g/mol. The Labute approximate surface area is 185 Å². The first-order valence-electron chi connectivity index (χ1n) is 9.83. The van der Waals surface area contributed by atoms with Crippen molar-refractivity contribution in [1.82, 2.24) is 20.8 Å². The van der Waals surface area contributed by atoms with Crippen LogP contribution in [0.4, 0.5) is 11.6 Å². The van der Waals surface area contributed by atoms with E-state index in [1.807, 2.05) is 19.1 Å². The molecule has 11 heteroatoms. The molecule has 3 aromatic rings. The van der Waals surface area contributed by atoms with Gasteiger partial charge in [0.15, 0.2) is 0 Å². The van der Waals surface area contributed by atoms with Crippen LogP contribution in [0.25, 0.3) is 0 Å². The van der Waals surface area contributed by atoms with E-state index in [1.165, 1.54) is 36.7 Å². The Hall–Kier alpha value is -3.54. The van der Waals surface area contributed by atoms with Crippen LogP contribution in [-0.4, -0.2) is 35.4 Å². The van der Waals surface area contributed by atoms with Gasteiger partial charge in [0.2, 0.25) is 11.9 Å². The van der Waals surface area contributed by atoms with Crippen LogP contribution in [0.5, 0.6) is 5.75 Å². The molecule has 2 heterocycles. The van der Waals surface area contributed by atoms with Crippen LogP contribution >= 0.6 is 0 Å². The van der Waals surface area contributed by atoms with Crippen molar-refractivity contribution < 1.29 is 18.3 Å². The van der Waals surface area contributed by atoms with Crippen LogP contribution < -0.4 is 20.9 Å². The molecule has 2 aromatic carbocycles. The van der Waals surface area contributed by atoms with Crippen LogP contribution in [-0.2, 0) is 14.8 Å². The second-order valence-electron chi connectivity index (χ2n) is 7.38. The molecule has 10 nitrogen and oxygen atoms in total. The smallest absolute Gasteiger partial charge is 0.264 e. The molecule has 0 spiro atoms. The third-order valence-corrected chi connectivity index (χ3v) is 6.35. The molecule has 32 heavy (non-hydrogen) atoms. The topological polar surface area (TPSA) is 145 Å². The summed E-state index contributed by atoms with van der Waals surface area (Å²) < 4.78 is 27.2. The highest BCUT2D eigenvalue weighted by atomic mass is 32.2. The summed E-state index contributed by atoms with van der Waals surface area (Å²) in [5.74, 6) is -0.139. The lowest BCUT2D eigenvalue weighted by atomic mass is 9.99. The van der Waals surface area contributed by atoms with Gasteiger partial charge in [-0.3, -0.25) is 4.79 Å². The summed E-state index contributed by atoms with van der Waals surface area (Å²) in [6.45, 7) is 1.93. The van der Waals surface area contributed by atoms with Crippen molar-refractivity contribution in [3.8, 4) is 5.75 Å². The molecule has 2 atom stereocenters. The van der Waals surface area contributed by atoms with Gasteiger partial charge in [-0.1, -0.05) is 17.7 Å². The Morgan fingerprint density at radius 2 is 1.81 bits per heavy atom. The second-order valence-corrected chi connectivity index (χ2v) is 9.07. The fraction of sp³-hybridized carbons (Fsp3) is 0.190. The lowest BCUT2D eigenvalue weighted by Crippen LogP contribution is -2.39.